The van der Waals surface area contributed by atoms with Crippen LogP contribution in [0.5, 0.6) is 0 Å². The van der Waals surface area contributed by atoms with E-state index in [0.29, 0.717) is 0 Å². The lowest BCUT2D eigenvalue weighted by atomic mass is 10.0. The van der Waals surface area contributed by atoms with Crippen molar-refractivity contribution in [1.29, 1.82) is 0 Å². The molecule has 0 radical (unpaired) electrons. The van der Waals surface area contributed by atoms with E-state index in [9.17, 15) is 0 Å². The van der Waals surface area contributed by atoms with Gasteiger partial charge in [-0.3, -0.25) is 0 Å². The third-order valence-corrected chi connectivity index (χ3v) is 3.74. The molecule has 0 aromatic heterocycles. The van der Waals surface area contributed by atoms with E-state index in [-0.39, 0.29) is 0 Å². The first-order valence-corrected chi connectivity index (χ1v) is 6.89. The van der Waals surface area contributed by atoms with Crippen LogP contribution in [0.1, 0.15) is 51.4 Å². The summed E-state index contributed by atoms with van der Waals surface area (Å²) in [6, 6.07) is 0.823. The first-order valence-electron chi connectivity index (χ1n) is 6.89. The maximum Gasteiger partial charge on any atom is 0.00675 e. The fourth-order valence-electron chi connectivity index (χ4n) is 2.48. The van der Waals surface area contributed by atoms with Crippen molar-refractivity contribution in [3.05, 3.63) is 0 Å². The van der Waals surface area contributed by atoms with Crippen molar-refractivity contribution >= 4 is 0 Å². The van der Waals surface area contributed by atoms with Gasteiger partial charge in [0.2, 0.25) is 0 Å². The van der Waals surface area contributed by atoms with E-state index in [1.807, 2.05) is 0 Å². The van der Waals surface area contributed by atoms with Crippen molar-refractivity contribution in [1.82, 2.24) is 10.6 Å². The van der Waals surface area contributed by atoms with Gasteiger partial charge < -0.3 is 10.6 Å². The molecule has 2 heteroatoms. The molecular weight excluding hydrogens is 184 g/mol. The molecule has 0 bridgehead atoms. The van der Waals surface area contributed by atoms with Crippen molar-refractivity contribution in [2.45, 2.75) is 57.4 Å². The van der Waals surface area contributed by atoms with E-state index in [4.69, 9.17) is 0 Å². The van der Waals surface area contributed by atoms with E-state index in [0.717, 1.165) is 12.0 Å². The van der Waals surface area contributed by atoms with Gasteiger partial charge in [0.1, 0.15) is 0 Å². The van der Waals surface area contributed by atoms with Gasteiger partial charge in [-0.2, -0.15) is 0 Å². The summed E-state index contributed by atoms with van der Waals surface area (Å²) in [7, 11) is 0. The SMILES string of the molecule is C1CCC(CCCNCCC2CC2)NC1. The van der Waals surface area contributed by atoms with Crippen LogP contribution in [0.25, 0.3) is 0 Å². The Balaban J connectivity index is 1.37. The molecule has 1 aliphatic carbocycles. The van der Waals surface area contributed by atoms with Crippen molar-refractivity contribution in [3.8, 4) is 0 Å². The molecule has 1 heterocycles. The molecule has 0 amide bonds. The zero-order valence-corrected chi connectivity index (χ0v) is 9.93. The molecule has 1 unspecified atom stereocenters. The predicted molar refractivity (Wildman–Crippen MR) is 65.1 cm³/mol. The Bertz CT molecular complexity index is 160. The van der Waals surface area contributed by atoms with Gasteiger partial charge >= 0.3 is 0 Å². The monoisotopic (exact) mass is 210 g/mol. The molecule has 2 nitrogen and oxygen atoms in total. The normalized spacial score (nSPS) is 26.8. The predicted octanol–water partition coefficient (Wildman–Crippen LogP) is 2.30. The summed E-state index contributed by atoms with van der Waals surface area (Å²) in [4.78, 5) is 0. The highest BCUT2D eigenvalue weighted by Gasteiger charge is 2.19. The van der Waals surface area contributed by atoms with Crippen molar-refractivity contribution in [3.63, 3.8) is 0 Å². The second-order valence-corrected chi connectivity index (χ2v) is 5.27. The summed E-state index contributed by atoms with van der Waals surface area (Å²) in [6.45, 7) is 3.73. The third kappa shape index (κ3) is 4.98. The van der Waals surface area contributed by atoms with Crippen molar-refractivity contribution < 1.29 is 0 Å². The molecule has 1 atom stereocenters. The Morgan fingerprint density at radius 1 is 1.00 bits per heavy atom. The lowest BCUT2D eigenvalue weighted by molar-refractivity contribution is 0.372. The summed E-state index contributed by atoms with van der Waals surface area (Å²) in [6.07, 6.45) is 11.4. The van der Waals surface area contributed by atoms with Crippen LogP contribution in [0.4, 0.5) is 0 Å². The second-order valence-electron chi connectivity index (χ2n) is 5.27. The number of piperidine rings is 1. The molecule has 2 rings (SSSR count). The molecule has 15 heavy (non-hydrogen) atoms. The van der Waals surface area contributed by atoms with Crippen LogP contribution in [0.2, 0.25) is 0 Å². The van der Waals surface area contributed by atoms with Gasteiger partial charge in [-0.1, -0.05) is 19.3 Å². The minimum atomic E-state index is 0.823. The summed E-state index contributed by atoms with van der Waals surface area (Å²) < 4.78 is 0. The average molecular weight is 210 g/mol. The van der Waals surface area contributed by atoms with Crippen LogP contribution in [-0.2, 0) is 0 Å². The Hall–Kier alpha value is -0.0800. The Labute approximate surface area is 94.2 Å². The minimum absolute atomic E-state index is 0.823. The van der Waals surface area contributed by atoms with Crippen molar-refractivity contribution in [2.24, 2.45) is 5.92 Å². The van der Waals surface area contributed by atoms with Crippen LogP contribution >= 0.6 is 0 Å². The topological polar surface area (TPSA) is 24.1 Å². The van der Waals surface area contributed by atoms with Crippen LogP contribution < -0.4 is 10.6 Å². The second kappa shape index (κ2) is 6.49. The van der Waals surface area contributed by atoms with Gasteiger partial charge in [0.05, 0.1) is 0 Å². The van der Waals surface area contributed by atoms with Gasteiger partial charge in [0.25, 0.3) is 0 Å². The number of hydrogen-bond donors (Lipinski definition) is 2. The van der Waals surface area contributed by atoms with Gasteiger partial charge in [-0.15, -0.1) is 0 Å². The molecule has 1 aliphatic heterocycles. The van der Waals surface area contributed by atoms with Gasteiger partial charge in [0, 0.05) is 6.04 Å². The third-order valence-electron chi connectivity index (χ3n) is 3.74. The van der Waals surface area contributed by atoms with Crippen LogP contribution in [0.15, 0.2) is 0 Å². The average Bonchev–Trinajstić information content (AvgIpc) is 3.09. The van der Waals surface area contributed by atoms with Crippen molar-refractivity contribution in [2.75, 3.05) is 19.6 Å². The molecule has 0 spiro atoms. The largest absolute Gasteiger partial charge is 0.317 e. The standard InChI is InChI=1S/C13H26N2/c1-2-10-15-13(4-1)5-3-9-14-11-8-12-6-7-12/h12-15H,1-11H2. The van der Waals surface area contributed by atoms with E-state index in [1.165, 1.54) is 71.0 Å². The lowest BCUT2D eigenvalue weighted by Gasteiger charge is -2.23. The molecule has 2 aliphatic rings. The zero-order valence-electron chi connectivity index (χ0n) is 9.93. The number of nitrogens with one attached hydrogen (secondary N) is 2. The van der Waals surface area contributed by atoms with Crippen LogP contribution in [-0.4, -0.2) is 25.7 Å². The molecule has 1 saturated carbocycles. The molecule has 1 saturated heterocycles. The van der Waals surface area contributed by atoms with Crippen LogP contribution in [0.3, 0.4) is 0 Å². The highest BCUT2D eigenvalue weighted by Crippen LogP contribution is 2.31. The summed E-state index contributed by atoms with van der Waals surface area (Å²) in [5.74, 6) is 1.08. The molecule has 0 aromatic carbocycles. The first kappa shape index (κ1) is 11.4. The maximum atomic E-state index is 3.61. The fraction of sp³-hybridized carbons (Fsp3) is 1.00. The number of hydrogen-bond acceptors (Lipinski definition) is 2. The first-order chi connectivity index (χ1) is 7.45. The Kier molecular flexibility index (Phi) is 4.94. The molecule has 0 aromatic rings. The van der Waals surface area contributed by atoms with E-state index < -0.39 is 0 Å². The smallest absolute Gasteiger partial charge is 0.00675 e. The summed E-state index contributed by atoms with van der Waals surface area (Å²) >= 11 is 0. The minimum Gasteiger partial charge on any atom is -0.317 e. The number of rotatable bonds is 7. The molecule has 2 fully saturated rings. The quantitative estimate of drug-likeness (QED) is 0.630. The van der Waals surface area contributed by atoms with E-state index in [1.54, 1.807) is 0 Å². The highest BCUT2D eigenvalue weighted by atomic mass is 14.9. The fourth-order valence-corrected chi connectivity index (χ4v) is 2.48. The van der Waals surface area contributed by atoms with Gasteiger partial charge in [-0.05, 0) is 57.7 Å². The van der Waals surface area contributed by atoms with E-state index in [2.05, 4.69) is 10.6 Å². The molecular formula is C13H26N2. The molecule has 88 valence electrons. The highest BCUT2D eigenvalue weighted by molar-refractivity contribution is 4.74. The van der Waals surface area contributed by atoms with Crippen LogP contribution in [0, 0.1) is 5.92 Å². The van der Waals surface area contributed by atoms with E-state index >= 15 is 0 Å². The summed E-state index contributed by atoms with van der Waals surface area (Å²) in [5, 5.41) is 7.18. The Morgan fingerprint density at radius 3 is 2.67 bits per heavy atom. The lowest BCUT2D eigenvalue weighted by Crippen LogP contribution is -2.34. The Morgan fingerprint density at radius 2 is 1.93 bits per heavy atom. The van der Waals surface area contributed by atoms with Gasteiger partial charge in [-0.25, -0.2) is 0 Å². The summed E-state index contributed by atoms with van der Waals surface area (Å²) in [5.41, 5.74) is 0. The van der Waals surface area contributed by atoms with Gasteiger partial charge in [0.15, 0.2) is 0 Å². The maximum absolute atomic E-state index is 3.61. The zero-order chi connectivity index (χ0) is 10.3. The molecule has 2 N–H and O–H groups in total.